The van der Waals surface area contributed by atoms with E-state index in [1.54, 1.807) is 0 Å². The fourth-order valence-corrected chi connectivity index (χ4v) is 27.4. The molecule has 148 heavy (non-hydrogen) atoms. The Kier molecular flexibility index (Phi) is 25.2. The molecule has 0 spiro atoms. The highest BCUT2D eigenvalue weighted by molar-refractivity contribution is 6.97. The van der Waals surface area contributed by atoms with Crippen molar-refractivity contribution in [3.05, 3.63) is 397 Å². The van der Waals surface area contributed by atoms with Crippen LogP contribution in [0.5, 0.6) is 0 Å². The van der Waals surface area contributed by atoms with Gasteiger partial charge in [-0.2, -0.15) is 0 Å². The molecule has 22 rings (SSSR count). The molecule has 0 saturated carbocycles. The van der Waals surface area contributed by atoms with Crippen molar-refractivity contribution in [3.8, 4) is 22.7 Å². The van der Waals surface area contributed by atoms with Crippen LogP contribution in [0.2, 0.25) is 0 Å². The second kappa shape index (κ2) is 37.7. The molecular formula is C132H132B4N12. The zero-order chi connectivity index (χ0) is 105. The van der Waals surface area contributed by atoms with Crippen LogP contribution in [0.4, 0.5) is 0 Å². The van der Waals surface area contributed by atoms with E-state index in [4.69, 9.17) is 39.9 Å². The number of aromatic nitrogens is 12. The number of nitrogens with zero attached hydrogens (tertiary/aromatic N) is 12. The summed E-state index contributed by atoms with van der Waals surface area (Å²) < 4.78 is 9.72. The Morgan fingerprint density at radius 3 is 0.568 bits per heavy atom. The molecule has 0 bridgehead atoms. The predicted molar refractivity (Wildman–Crippen MR) is 634 cm³/mol. The van der Waals surface area contributed by atoms with Crippen LogP contribution in [0.15, 0.2) is 218 Å². The summed E-state index contributed by atoms with van der Waals surface area (Å²) in [7, 11) is 0. The summed E-state index contributed by atoms with van der Waals surface area (Å²) in [4.78, 5) is 44.8. The van der Waals surface area contributed by atoms with E-state index < -0.39 is 0 Å². The third-order valence-electron chi connectivity index (χ3n) is 32.1. The lowest BCUT2D eigenvalue weighted by Gasteiger charge is -2.24. The van der Waals surface area contributed by atoms with Crippen molar-refractivity contribution >= 4 is 181 Å². The molecule has 0 fully saturated rings. The number of benzene rings is 14. The Balaban J connectivity index is 0.000000173. The first-order valence-corrected chi connectivity index (χ1v) is 52.6. The molecule has 0 aliphatic heterocycles. The molecular weight excluding hydrogens is 1800 g/mol. The van der Waals surface area contributed by atoms with E-state index in [9.17, 15) is 0 Å². The Morgan fingerprint density at radius 2 is 0.338 bits per heavy atom. The van der Waals surface area contributed by atoms with Crippen molar-refractivity contribution in [2.45, 2.75) is 222 Å². The summed E-state index contributed by atoms with van der Waals surface area (Å²) in [6, 6.07) is 81.6. The van der Waals surface area contributed by atoms with Crippen molar-refractivity contribution < 1.29 is 0 Å². The lowest BCUT2D eigenvalue weighted by Crippen LogP contribution is -2.58. The van der Waals surface area contributed by atoms with Gasteiger partial charge in [-0.1, -0.05) is 353 Å². The van der Waals surface area contributed by atoms with Gasteiger partial charge in [-0.05, 0) is 264 Å². The average Bonchev–Trinajstić information content (AvgIpc) is 1.55. The van der Waals surface area contributed by atoms with Crippen LogP contribution in [-0.2, 0) is 0 Å². The monoisotopic (exact) mass is 1930 g/mol. The summed E-state index contributed by atoms with van der Waals surface area (Å²) in [5, 5.41) is 9.45. The molecule has 0 amide bonds. The first kappa shape index (κ1) is 98.9. The fourth-order valence-electron chi connectivity index (χ4n) is 27.4. The lowest BCUT2D eigenvalue weighted by molar-refractivity contribution is 1.00. The first-order valence-electron chi connectivity index (χ1n) is 52.6. The van der Waals surface area contributed by atoms with E-state index >= 15 is 0 Å². The normalized spacial score (nSPS) is 11.8. The SMILES string of the molecule is Cc1cc(C)c(B(c2nc(C)c(-n3c4ccccc4c4c3ccc3c5ccccc5n(-c5c(C)nc(B(c6c(C)cc(C)cc6C)c6c(C)cc(C)cc6C)nc5C)c34)c(C)n2)c2c(C)cc(C)cc2C)c(C)c1.Cc1cc(C)c(B(c2nc(C)c(-n3c4ccccc4c4cc5c6ccccc6n(-c6c(C)nc(B(c7c(C)cc(C)cc7C)c7c(C)cc(C)cc7C)nc6C)c5cc43)c(C)n2)c2c(C)cc(C)cc2C)c(C)c1. The highest BCUT2D eigenvalue weighted by Gasteiger charge is 2.40. The number of hydrogen-bond donors (Lipinski definition) is 0. The second-order valence-corrected chi connectivity index (χ2v) is 43.8. The molecule has 0 radical (unpaired) electrons. The van der Waals surface area contributed by atoms with Crippen molar-refractivity contribution in [1.29, 1.82) is 0 Å². The van der Waals surface area contributed by atoms with Gasteiger partial charge in [0.25, 0.3) is 26.9 Å². The quantitative estimate of drug-likeness (QED) is 0.0877. The maximum absolute atomic E-state index is 5.63. The van der Waals surface area contributed by atoms with E-state index in [0.717, 1.165) is 135 Å². The van der Waals surface area contributed by atoms with Gasteiger partial charge in [-0.25, -0.2) is 39.9 Å². The van der Waals surface area contributed by atoms with Gasteiger partial charge in [0.1, 0.15) is 0 Å². The van der Waals surface area contributed by atoms with Crippen molar-refractivity contribution in [3.63, 3.8) is 0 Å². The molecule has 16 heteroatoms. The molecule has 732 valence electrons. The Labute approximate surface area is 874 Å². The van der Waals surface area contributed by atoms with Crippen LogP contribution < -0.4 is 66.6 Å². The summed E-state index contributed by atoms with van der Waals surface area (Å²) in [6.45, 7) is 70.2. The highest BCUT2D eigenvalue weighted by atomic mass is 15.1. The third kappa shape index (κ3) is 16.5. The minimum Gasteiger partial charge on any atom is -0.306 e. The van der Waals surface area contributed by atoms with Gasteiger partial charge in [0.15, 0.2) is 0 Å². The number of rotatable bonds is 16. The van der Waals surface area contributed by atoms with Gasteiger partial charge in [0.2, 0.25) is 0 Å². The van der Waals surface area contributed by atoms with E-state index in [2.05, 4.69) is 458 Å². The number of hydrogen-bond acceptors (Lipinski definition) is 8. The van der Waals surface area contributed by atoms with E-state index in [1.165, 1.54) is 220 Å². The Bertz CT molecular complexity index is 8390. The number of aryl methyl sites for hydroxylation is 32. The molecule has 0 unspecified atom stereocenters. The van der Waals surface area contributed by atoms with Crippen LogP contribution >= 0.6 is 0 Å². The van der Waals surface area contributed by atoms with Crippen molar-refractivity contribution in [1.82, 2.24) is 58.1 Å². The molecule has 0 saturated heterocycles. The van der Waals surface area contributed by atoms with Gasteiger partial charge in [-0.15, -0.1) is 0 Å². The third-order valence-corrected chi connectivity index (χ3v) is 32.1. The van der Waals surface area contributed by atoms with Crippen LogP contribution in [0.25, 0.3) is 110 Å². The first-order chi connectivity index (χ1) is 70.6. The van der Waals surface area contributed by atoms with Gasteiger partial charge < -0.3 is 18.3 Å². The largest absolute Gasteiger partial charge is 0.306 e. The summed E-state index contributed by atoms with van der Waals surface area (Å²) in [5.74, 6) is 0. The molecule has 14 aromatic carbocycles. The lowest BCUT2D eigenvalue weighted by atomic mass is 9.37. The van der Waals surface area contributed by atoms with Gasteiger partial charge >= 0.3 is 0 Å². The van der Waals surface area contributed by atoms with Crippen LogP contribution in [0, 0.1) is 222 Å². The second-order valence-electron chi connectivity index (χ2n) is 43.8. The summed E-state index contributed by atoms with van der Waals surface area (Å²) in [6.07, 6.45) is 0. The van der Waals surface area contributed by atoms with E-state index in [0.29, 0.717) is 0 Å². The highest BCUT2D eigenvalue weighted by Crippen LogP contribution is 2.46. The summed E-state index contributed by atoms with van der Waals surface area (Å²) >= 11 is 0. The molecule has 22 aromatic rings. The summed E-state index contributed by atoms with van der Waals surface area (Å²) in [5.41, 5.74) is 64.2. The van der Waals surface area contributed by atoms with Crippen LogP contribution in [0.3, 0.4) is 0 Å². The van der Waals surface area contributed by atoms with Crippen LogP contribution in [0.1, 0.15) is 179 Å². The van der Waals surface area contributed by atoms with E-state index in [1.807, 2.05) is 0 Å². The molecule has 8 aromatic heterocycles. The van der Waals surface area contributed by atoms with Gasteiger partial charge in [-0.3, -0.25) is 0 Å². The topological polar surface area (TPSA) is 123 Å². The minimum absolute atomic E-state index is 0.138. The molecule has 12 nitrogen and oxygen atoms in total. The average molecular weight is 1930 g/mol. The standard InChI is InChI=1S/2C66H66B2N6/c1-35-25-39(5)59(40(6)26-35)67(60-41(7)27-36(2)28-42(60)8)65-69-47(13)63(48(14)70-65)73-55-23-19-17-21-51(55)53-33-54-52-22-18-20-24-56(52)74(58(54)34-57(53)73)64-49(15)71-66(72-50(64)16)68(61-43(9)29-37(3)30-44(61)10)62-45(11)31-38(4)32-46(62)12;1-35-27-39(5)58(40(6)28-35)67(59-41(7)29-36(2)30-42(59)8)65-69-47(13)62(48(14)70-65)73-55-24-20-18-22-53(55)57-56(73)26-25-52-51-21-17-19-23-54(51)74(64(52)57)63-49(15)71-66(72-50(63)16)68(60-43(9)31-37(3)32-44(60)10)61-45(11)33-38(4)34-46(61)12/h2*17-34H,1-16H3. The molecule has 0 aliphatic carbocycles. The van der Waals surface area contributed by atoms with Gasteiger partial charge in [0.05, 0.1) is 135 Å². The van der Waals surface area contributed by atoms with Crippen LogP contribution in [-0.4, -0.2) is 85.0 Å². The minimum atomic E-state index is -0.143. The maximum atomic E-state index is 5.63. The Hall–Kier alpha value is -15.1. The van der Waals surface area contributed by atoms with Crippen molar-refractivity contribution in [2.24, 2.45) is 0 Å². The molecule has 8 heterocycles. The number of para-hydroxylation sites is 4. The van der Waals surface area contributed by atoms with Gasteiger partial charge in [0, 0.05) is 43.1 Å². The predicted octanol–water partition coefficient (Wildman–Crippen LogP) is 22.9. The number of fused-ring (bicyclic) bond motifs is 13. The molecule has 0 atom stereocenters. The zero-order valence-electron chi connectivity index (χ0n) is 92.5. The Morgan fingerprint density at radius 1 is 0.155 bits per heavy atom. The smallest absolute Gasteiger partial charge is 0.291 e. The van der Waals surface area contributed by atoms with Crippen molar-refractivity contribution in [2.75, 3.05) is 0 Å². The fraction of sp³-hybridized carbons (Fsp3) is 0.242. The van der Waals surface area contributed by atoms with E-state index in [-0.39, 0.29) is 26.9 Å². The molecule has 0 aliphatic rings. The maximum Gasteiger partial charge on any atom is 0.291 e. The molecule has 0 N–H and O–H groups in total. The zero-order valence-corrected chi connectivity index (χ0v) is 92.5.